The highest BCUT2D eigenvalue weighted by atomic mass is 32.2. The lowest BCUT2D eigenvalue weighted by molar-refractivity contribution is -0.116. The van der Waals surface area contributed by atoms with Gasteiger partial charge in [-0.2, -0.15) is 4.68 Å². The number of unbranched alkanes of at least 4 members (excludes halogenated alkanes) is 1. The molecule has 0 aliphatic carbocycles. The maximum atomic E-state index is 12.2. The fraction of sp³-hybridized carbons (Fsp3) is 0.364. The van der Waals surface area contributed by atoms with Crippen LogP contribution >= 0.6 is 0 Å². The van der Waals surface area contributed by atoms with Crippen LogP contribution in [0.2, 0.25) is 0 Å². The minimum absolute atomic E-state index is 0.120. The molecule has 170 valence electrons. The van der Waals surface area contributed by atoms with Crippen molar-refractivity contribution in [1.82, 2.24) is 24.9 Å². The summed E-state index contributed by atoms with van der Waals surface area (Å²) in [5.74, 6) is 0.484. The van der Waals surface area contributed by atoms with Crippen molar-refractivity contribution in [3.05, 3.63) is 54.6 Å². The van der Waals surface area contributed by atoms with E-state index in [2.05, 4.69) is 25.6 Å². The predicted molar refractivity (Wildman–Crippen MR) is 124 cm³/mol. The number of nitrogens with one attached hydrogen (secondary N) is 2. The summed E-state index contributed by atoms with van der Waals surface area (Å²) in [4.78, 5) is 12.2. The zero-order valence-corrected chi connectivity index (χ0v) is 19.3. The molecular formula is C22H28N6O3S. The van der Waals surface area contributed by atoms with Crippen molar-refractivity contribution in [2.75, 3.05) is 11.9 Å². The molecule has 0 radical (unpaired) electrons. The Balaban J connectivity index is 1.49. The quantitative estimate of drug-likeness (QED) is 0.478. The lowest BCUT2D eigenvalue weighted by Gasteiger charge is -2.19. The number of benzene rings is 2. The highest BCUT2D eigenvalue weighted by Crippen LogP contribution is 2.21. The number of hydrogen-bond donors (Lipinski definition) is 2. The van der Waals surface area contributed by atoms with Gasteiger partial charge in [-0.1, -0.05) is 18.2 Å². The van der Waals surface area contributed by atoms with Crippen LogP contribution in [0.5, 0.6) is 0 Å². The highest BCUT2D eigenvalue weighted by molar-refractivity contribution is 7.90. The van der Waals surface area contributed by atoms with Gasteiger partial charge in [-0.3, -0.25) is 4.79 Å². The molecular weight excluding hydrogens is 428 g/mol. The molecule has 0 aliphatic rings. The maximum Gasteiger partial charge on any atom is 0.224 e. The Bertz CT molecular complexity index is 1140. The van der Waals surface area contributed by atoms with E-state index >= 15 is 0 Å². The normalized spacial score (nSPS) is 12.0. The molecule has 0 fully saturated rings. The molecule has 3 rings (SSSR count). The molecule has 1 heterocycles. The SMILES string of the molecule is CC(C)(C)S(=O)(=O)NCCCCC(=O)Nc1ccc(-c2nnnn2-c2ccccc2)cc1. The van der Waals surface area contributed by atoms with Crippen molar-refractivity contribution in [3.63, 3.8) is 0 Å². The number of carbonyl (C=O) groups excluding carboxylic acids is 1. The summed E-state index contributed by atoms with van der Waals surface area (Å²) >= 11 is 0. The Morgan fingerprint density at radius 3 is 2.34 bits per heavy atom. The molecule has 0 saturated heterocycles. The molecule has 9 nitrogen and oxygen atoms in total. The van der Waals surface area contributed by atoms with Crippen molar-refractivity contribution in [2.45, 2.75) is 44.8 Å². The fourth-order valence-corrected chi connectivity index (χ4v) is 3.72. The van der Waals surface area contributed by atoms with E-state index in [0.29, 0.717) is 37.3 Å². The number of tetrazole rings is 1. The Morgan fingerprint density at radius 1 is 1.00 bits per heavy atom. The molecule has 0 atom stereocenters. The van der Waals surface area contributed by atoms with Crippen molar-refractivity contribution in [2.24, 2.45) is 0 Å². The van der Waals surface area contributed by atoms with E-state index in [0.717, 1.165) is 11.3 Å². The van der Waals surface area contributed by atoms with E-state index in [4.69, 9.17) is 0 Å². The molecule has 32 heavy (non-hydrogen) atoms. The van der Waals surface area contributed by atoms with Crippen LogP contribution in [0.15, 0.2) is 54.6 Å². The van der Waals surface area contributed by atoms with Gasteiger partial charge in [-0.05, 0) is 80.4 Å². The van der Waals surface area contributed by atoms with Crippen molar-refractivity contribution < 1.29 is 13.2 Å². The van der Waals surface area contributed by atoms with Crippen LogP contribution in [0.4, 0.5) is 5.69 Å². The zero-order valence-electron chi connectivity index (χ0n) is 18.4. The Labute approximate surface area is 188 Å². The average molecular weight is 457 g/mol. The van der Waals surface area contributed by atoms with Crippen LogP contribution in [0, 0.1) is 0 Å². The highest BCUT2D eigenvalue weighted by Gasteiger charge is 2.27. The molecule has 0 bridgehead atoms. The largest absolute Gasteiger partial charge is 0.326 e. The summed E-state index contributed by atoms with van der Waals surface area (Å²) in [5.41, 5.74) is 2.35. The van der Waals surface area contributed by atoms with Crippen molar-refractivity contribution >= 4 is 21.6 Å². The van der Waals surface area contributed by atoms with Gasteiger partial charge in [0.05, 0.1) is 10.4 Å². The van der Waals surface area contributed by atoms with Crippen LogP contribution in [-0.4, -0.2) is 45.8 Å². The van der Waals surface area contributed by atoms with Gasteiger partial charge in [0.15, 0.2) is 5.82 Å². The van der Waals surface area contributed by atoms with Gasteiger partial charge in [0.2, 0.25) is 15.9 Å². The minimum Gasteiger partial charge on any atom is -0.326 e. The van der Waals surface area contributed by atoms with E-state index < -0.39 is 14.8 Å². The number of anilines is 1. The van der Waals surface area contributed by atoms with Gasteiger partial charge in [-0.15, -0.1) is 5.10 Å². The summed E-state index contributed by atoms with van der Waals surface area (Å²) in [5, 5.41) is 14.8. The standard InChI is InChI=1S/C22H28N6O3S/c1-22(2,3)32(30,31)23-16-8-7-11-20(29)24-18-14-12-17(13-15-18)21-25-26-27-28(21)19-9-5-4-6-10-19/h4-6,9-10,12-15,23H,7-8,11,16H2,1-3H3,(H,24,29). The molecule has 2 N–H and O–H groups in total. The van der Waals surface area contributed by atoms with Gasteiger partial charge in [0, 0.05) is 24.2 Å². The number of amides is 1. The summed E-state index contributed by atoms with van der Waals surface area (Å²) in [6, 6.07) is 16.9. The molecule has 0 spiro atoms. The van der Waals surface area contributed by atoms with Crippen LogP contribution in [0.1, 0.15) is 40.0 Å². The minimum atomic E-state index is -3.36. The second-order valence-corrected chi connectivity index (χ2v) is 10.9. The summed E-state index contributed by atoms with van der Waals surface area (Å²) in [7, 11) is -3.36. The lowest BCUT2D eigenvalue weighted by atomic mass is 10.1. The summed E-state index contributed by atoms with van der Waals surface area (Å²) in [6.45, 7) is 5.26. The third-order valence-electron chi connectivity index (χ3n) is 4.83. The van der Waals surface area contributed by atoms with E-state index in [9.17, 15) is 13.2 Å². The smallest absolute Gasteiger partial charge is 0.224 e. The molecule has 1 aromatic heterocycles. The van der Waals surface area contributed by atoms with E-state index in [-0.39, 0.29) is 5.91 Å². The van der Waals surface area contributed by atoms with Gasteiger partial charge in [0.1, 0.15) is 0 Å². The van der Waals surface area contributed by atoms with E-state index in [1.807, 2.05) is 42.5 Å². The Kier molecular flexibility index (Phi) is 7.37. The first-order valence-corrected chi connectivity index (χ1v) is 11.9. The predicted octanol–water partition coefficient (Wildman–Crippen LogP) is 3.16. The van der Waals surface area contributed by atoms with Crippen LogP contribution in [0.3, 0.4) is 0 Å². The molecule has 0 saturated carbocycles. The fourth-order valence-electron chi connectivity index (χ4n) is 2.87. The van der Waals surface area contributed by atoms with Crippen LogP contribution in [-0.2, 0) is 14.8 Å². The van der Waals surface area contributed by atoms with Crippen molar-refractivity contribution in [3.8, 4) is 17.1 Å². The third kappa shape index (κ3) is 5.98. The molecule has 0 unspecified atom stereocenters. The zero-order chi connectivity index (χ0) is 23.2. The van der Waals surface area contributed by atoms with Crippen LogP contribution in [0.25, 0.3) is 17.1 Å². The van der Waals surface area contributed by atoms with Gasteiger partial charge in [-0.25, -0.2) is 13.1 Å². The van der Waals surface area contributed by atoms with Gasteiger partial charge in [0.25, 0.3) is 0 Å². The number of carbonyl (C=O) groups is 1. The number of para-hydroxylation sites is 1. The Morgan fingerprint density at radius 2 is 1.69 bits per heavy atom. The summed E-state index contributed by atoms with van der Waals surface area (Å²) in [6.07, 6.45) is 1.48. The van der Waals surface area contributed by atoms with Crippen molar-refractivity contribution in [1.29, 1.82) is 0 Å². The summed E-state index contributed by atoms with van der Waals surface area (Å²) < 4.78 is 27.4. The van der Waals surface area contributed by atoms with E-state index in [1.165, 1.54) is 0 Å². The first-order chi connectivity index (χ1) is 15.2. The average Bonchev–Trinajstić information content (AvgIpc) is 3.24. The lowest BCUT2D eigenvalue weighted by Crippen LogP contribution is -2.39. The molecule has 10 heteroatoms. The van der Waals surface area contributed by atoms with E-state index in [1.54, 1.807) is 37.6 Å². The maximum absolute atomic E-state index is 12.2. The first-order valence-electron chi connectivity index (χ1n) is 10.4. The topological polar surface area (TPSA) is 119 Å². The third-order valence-corrected chi connectivity index (χ3v) is 7.02. The van der Waals surface area contributed by atoms with Gasteiger partial charge < -0.3 is 5.32 Å². The molecule has 1 amide bonds. The number of hydrogen-bond acceptors (Lipinski definition) is 6. The van der Waals surface area contributed by atoms with Crippen LogP contribution < -0.4 is 10.0 Å². The molecule has 3 aromatic rings. The van der Waals surface area contributed by atoms with Gasteiger partial charge >= 0.3 is 0 Å². The first kappa shape index (κ1) is 23.6. The monoisotopic (exact) mass is 456 g/mol. The number of sulfonamides is 1. The second-order valence-electron chi connectivity index (χ2n) is 8.34. The number of nitrogens with zero attached hydrogens (tertiary/aromatic N) is 4. The Hall–Kier alpha value is -3.11. The number of aromatic nitrogens is 4. The number of rotatable bonds is 9. The molecule has 2 aromatic carbocycles. The molecule has 0 aliphatic heterocycles. The second kappa shape index (κ2) is 10.0.